The Bertz CT molecular complexity index is 401. The fourth-order valence-corrected chi connectivity index (χ4v) is 2.09. The molecule has 0 amide bonds. The van der Waals surface area contributed by atoms with E-state index in [1.165, 1.54) is 0 Å². The van der Waals surface area contributed by atoms with E-state index in [0.29, 0.717) is 0 Å². The summed E-state index contributed by atoms with van der Waals surface area (Å²) in [6.45, 7) is 0.258. The molecule has 2 heteroatoms. The first-order valence-corrected chi connectivity index (χ1v) is 5.81. The van der Waals surface area contributed by atoms with Crippen LogP contribution in [-0.2, 0) is 0 Å². The number of hydrogen-bond acceptors (Lipinski definition) is 2. The van der Waals surface area contributed by atoms with Crippen LogP contribution in [0, 0.1) is 0 Å². The van der Waals surface area contributed by atoms with Crippen molar-refractivity contribution < 1.29 is 5.11 Å². The molecule has 0 bridgehead atoms. The molecule has 2 aromatic carbocycles. The lowest BCUT2D eigenvalue weighted by Gasteiger charge is -2.22. The topological polar surface area (TPSA) is 46.2 Å². The Labute approximate surface area is 102 Å². The molecule has 0 aliphatic rings. The largest absolute Gasteiger partial charge is 0.391 e. The van der Waals surface area contributed by atoms with Gasteiger partial charge >= 0.3 is 0 Å². The average molecular weight is 227 g/mol. The van der Waals surface area contributed by atoms with Crippen LogP contribution in [0.1, 0.15) is 17.0 Å². The molecule has 17 heavy (non-hydrogen) atoms. The quantitative estimate of drug-likeness (QED) is 0.840. The van der Waals surface area contributed by atoms with E-state index < -0.39 is 6.10 Å². The van der Waals surface area contributed by atoms with Gasteiger partial charge in [0.25, 0.3) is 0 Å². The maximum absolute atomic E-state index is 10.1. The summed E-state index contributed by atoms with van der Waals surface area (Å²) in [6.07, 6.45) is -0.556. The van der Waals surface area contributed by atoms with E-state index in [4.69, 9.17) is 5.73 Å². The number of hydrogen-bond donors (Lipinski definition) is 2. The van der Waals surface area contributed by atoms with Crippen LogP contribution in [0.4, 0.5) is 0 Å². The highest BCUT2D eigenvalue weighted by atomic mass is 16.3. The summed E-state index contributed by atoms with van der Waals surface area (Å²) in [5, 5.41) is 10.1. The van der Waals surface area contributed by atoms with Crippen molar-refractivity contribution >= 4 is 0 Å². The molecule has 0 unspecified atom stereocenters. The summed E-state index contributed by atoms with van der Waals surface area (Å²) >= 11 is 0. The van der Waals surface area contributed by atoms with E-state index in [1.54, 1.807) is 0 Å². The molecule has 3 N–H and O–H groups in total. The Kier molecular flexibility index (Phi) is 3.91. The van der Waals surface area contributed by atoms with E-state index in [-0.39, 0.29) is 12.5 Å². The zero-order chi connectivity index (χ0) is 12.1. The minimum Gasteiger partial charge on any atom is -0.391 e. The summed E-state index contributed by atoms with van der Waals surface area (Å²) in [4.78, 5) is 0. The highest BCUT2D eigenvalue weighted by molar-refractivity contribution is 5.33. The zero-order valence-electron chi connectivity index (χ0n) is 9.66. The molecule has 0 fully saturated rings. The molecule has 1 atom stereocenters. The molecule has 0 aromatic heterocycles. The van der Waals surface area contributed by atoms with Crippen LogP contribution in [0.5, 0.6) is 0 Å². The van der Waals surface area contributed by atoms with Crippen LogP contribution in [0.2, 0.25) is 0 Å². The van der Waals surface area contributed by atoms with Gasteiger partial charge in [-0.25, -0.2) is 0 Å². The molecule has 2 nitrogen and oxygen atoms in total. The van der Waals surface area contributed by atoms with Crippen molar-refractivity contribution in [2.75, 3.05) is 6.54 Å². The van der Waals surface area contributed by atoms with Crippen molar-refractivity contribution in [3.63, 3.8) is 0 Å². The lowest BCUT2D eigenvalue weighted by molar-refractivity contribution is 0.164. The fraction of sp³-hybridized carbons (Fsp3) is 0.200. The van der Waals surface area contributed by atoms with Crippen molar-refractivity contribution in [2.45, 2.75) is 12.0 Å². The van der Waals surface area contributed by atoms with Crippen molar-refractivity contribution in [1.29, 1.82) is 0 Å². The second kappa shape index (κ2) is 5.62. The Balaban J connectivity index is 2.39. The van der Waals surface area contributed by atoms with E-state index in [1.807, 2.05) is 60.7 Å². The summed E-state index contributed by atoms with van der Waals surface area (Å²) in [5.41, 5.74) is 7.79. The summed E-state index contributed by atoms with van der Waals surface area (Å²) in [6, 6.07) is 20.0. The molecule has 0 spiro atoms. The predicted octanol–water partition coefficient (Wildman–Crippen LogP) is 2.14. The minimum absolute atomic E-state index is 0.0533. The zero-order valence-corrected chi connectivity index (χ0v) is 9.66. The SMILES string of the molecule is NC[C@@H](O)C(c1ccccc1)c1ccccc1. The monoisotopic (exact) mass is 227 g/mol. The Hall–Kier alpha value is -1.64. The van der Waals surface area contributed by atoms with Crippen molar-refractivity contribution in [1.82, 2.24) is 0 Å². The van der Waals surface area contributed by atoms with Gasteiger partial charge in [0, 0.05) is 12.5 Å². The predicted molar refractivity (Wildman–Crippen MR) is 69.8 cm³/mol. The fourth-order valence-electron chi connectivity index (χ4n) is 2.09. The smallest absolute Gasteiger partial charge is 0.0771 e. The van der Waals surface area contributed by atoms with Crippen LogP contribution in [0.3, 0.4) is 0 Å². The van der Waals surface area contributed by atoms with Crippen LogP contribution in [0.25, 0.3) is 0 Å². The molecule has 88 valence electrons. The normalized spacial score (nSPS) is 12.6. The molecule has 0 heterocycles. The first-order valence-electron chi connectivity index (χ1n) is 5.81. The van der Waals surface area contributed by atoms with Gasteiger partial charge in [-0.1, -0.05) is 60.7 Å². The van der Waals surface area contributed by atoms with Gasteiger partial charge < -0.3 is 10.8 Å². The average Bonchev–Trinajstić information content (AvgIpc) is 2.41. The van der Waals surface area contributed by atoms with E-state index in [0.717, 1.165) is 11.1 Å². The van der Waals surface area contributed by atoms with Crippen LogP contribution < -0.4 is 5.73 Å². The van der Waals surface area contributed by atoms with Gasteiger partial charge in [0.1, 0.15) is 0 Å². The van der Waals surface area contributed by atoms with E-state index in [9.17, 15) is 5.11 Å². The summed E-state index contributed by atoms with van der Waals surface area (Å²) in [7, 11) is 0. The molecular weight excluding hydrogens is 210 g/mol. The molecule has 0 aliphatic carbocycles. The highest BCUT2D eigenvalue weighted by Gasteiger charge is 2.21. The van der Waals surface area contributed by atoms with Crippen LogP contribution in [0.15, 0.2) is 60.7 Å². The van der Waals surface area contributed by atoms with Gasteiger partial charge in [-0.2, -0.15) is 0 Å². The third kappa shape index (κ3) is 2.73. The number of nitrogens with two attached hydrogens (primary N) is 1. The maximum Gasteiger partial charge on any atom is 0.0771 e. The van der Waals surface area contributed by atoms with Crippen molar-refractivity contribution in [3.8, 4) is 0 Å². The molecule has 0 saturated carbocycles. The molecule has 0 saturated heterocycles. The van der Waals surface area contributed by atoms with Gasteiger partial charge in [0.05, 0.1) is 6.10 Å². The van der Waals surface area contributed by atoms with Crippen molar-refractivity contribution in [3.05, 3.63) is 71.8 Å². The van der Waals surface area contributed by atoms with Gasteiger partial charge in [-0.05, 0) is 11.1 Å². The van der Waals surface area contributed by atoms with Gasteiger partial charge in [-0.15, -0.1) is 0 Å². The third-order valence-electron chi connectivity index (χ3n) is 2.94. The second-order valence-electron chi connectivity index (χ2n) is 4.10. The van der Waals surface area contributed by atoms with Gasteiger partial charge in [-0.3, -0.25) is 0 Å². The summed E-state index contributed by atoms with van der Waals surface area (Å²) < 4.78 is 0. The van der Waals surface area contributed by atoms with Crippen LogP contribution >= 0.6 is 0 Å². The Morgan fingerprint density at radius 3 is 1.59 bits per heavy atom. The Morgan fingerprint density at radius 1 is 0.824 bits per heavy atom. The lowest BCUT2D eigenvalue weighted by atomic mass is 9.87. The van der Waals surface area contributed by atoms with Crippen LogP contribution in [-0.4, -0.2) is 17.8 Å². The highest BCUT2D eigenvalue weighted by Crippen LogP contribution is 2.27. The lowest BCUT2D eigenvalue weighted by Crippen LogP contribution is -2.28. The number of aliphatic hydroxyl groups is 1. The first kappa shape index (κ1) is 11.8. The Morgan fingerprint density at radius 2 is 1.24 bits per heavy atom. The molecule has 0 aliphatic heterocycles. The van der Waals surface area contributed by atoms with Gasteiger partial charge in [0.15, 0.2) is 0 Å². The number of rotatable bonds is 4. The molecule has 2 aromatic rings. The number of aliphatic hydroxyl groups excluding tert-OH is 1. The van der Waals surface area contributed by atoms with E-state index >= 15 is 0 Å². The number of benzene rings is 2. The molecule has 2 rings (SSSR count). The van der Waals surface area contributed by atoms with E-state index in [2.05, 4.69) is 0 Å². The molecule has 0 radical (unpaired) electrons. The first-order chi connectivity index (χ1) is 8.33. The maximum atomic E-state index is 10.1. The van der Waals surface area contributed by atoms with Gasteiger partial charge in [0.2, 0.25) is 0 Å². The second-order valence-corrected chi connectivity index (χ2v) is 4.10. The standard InChI is InChI=1S/C15H17NO/c16-11-14(17)15(12-7-3-1-4-8-12)13-9-5-2-6-10-13/h1-10,14-15,17H,11,16H2/t14-/m1/s1. The summed E-state index contributed by atoms with van der Waals surface area (Å²) in [5.74, 6) is -0.0533. The third-order valence-corrected chi connectivity index (χ3v) is 2.94. The minimum atomic E-state index is -0.556. The van der Waals surface area contributed by atoms with Crippen molar-refractivity contribution in [2.24, 2.45) is 5.73 Å². The molecular formula is C15H17NO.